The largest absolute Gasteiger partial charge is 0.465 e. The van der Waals surface area contributed by atoms with Crippen LogP contribution >= 0.6 is 0 Å². The minimum Gasteiger partial charge on any atom is -0.465 e. The summed E-state index contributed by atoms with van der Waals surface area (Å²) < 4.78 is 13.0. The lowest BCUT2D eigenvalue weighted by Gasteiger charge is -2.17. The van der Waals surface area contributed by atoms with Gasteiger partial charge in [0.2, 0.25) is 11.8 Å². The fraction of sp³-hybridized carbons (Fsp3) is 0.348. The number of nitrogens with one attached hydrogen (secondary N) is 2. The van der Waals surface area contributed by atoms with Gasteiger partial charge in [0.1, 0.15) is 5.82 Å². The molecule has 0 saturated carbocycles. The third-order valence-electron chi connectivity index (χ3n) is 5.45. The lowest BCUT2D eigenvalue weighted by atomic mass is 9.94. The Bertz CT molecular complexity index is 905. The Balaban J connectivity index is 1.53. The van der Waals surface area contributed by atoms with Crippen molar-refractivity contribution in [3.05, 3.63) is 71.5 Å². The Kier molecular flexibility index (Phi) is 7.59. The van der Waals surface area contributed by atoms with E-state index in [4.69, 9.17) is 0 Å². The maximum Gasteiger partial charge on any atom is 0.407 e. The molecule has 0 unspecified atom stereocenters. The van der Waals surface area contributed by atoms with Crippen LogP contribution in [0.2, 0.25) is 0 Å². The minimum atomic E-state index is -1.15. The standard InChI is InChI=1S/C23H26FN3O4/c24-18-8-6-17(7-9-18)11-13-26-22(29)20-15-27(23(30)31)14-19(20)21(28)25-12-10-16-4-2-1-3-5-16/h1-9,19-20H,10-15H2,(H,25,28)(H,26,29)(H,30,31)/t19-,20-/m0/s1. The van der Waals surface area contributed by atoms with Crippen LogP contribution in [0.3, 0.4) is 0 Å². The first kappa shape index (κ1) is 22.3. The van der Waals surface area contributed by atoms with Gasteiger partial charge in [0.25, 0.3) is 0 Å². The predicted molar refractivity (Wildman–Crippen MR) is 113 cm³/mol. The molecule has 3 amide bonds. The lowest BCUT2D eigenvalue weighted by Crippen LogP contribution is -2.42. The number of halogens is 1. The van der Waals surface area contributed by atoms with Gasteiger partial charge in [-0.2, -0.15) is 0 Å². The molecule has 7 nitrogen and oxygen atoms in total. The summed E-state index contributed by atoms with van der Waals surface area (Å²) >= 11 is 0. The van der Waals surface area contributed by atoms with E-state index in [-0.39, 0.29) is 30.7 Å². The summed E-state index contributed by atoms with van der Waals surface area (Å²) in [6.45, 7) is 0.693. The third kappa shape index (κ3) is 6.28. The molecular formula is C23H26FN3O4. The fourth-order valence-corrected chi connectivity index (χ4v) is 3.71. The average molecular weight is 427 g/mol. The molecule has 0 aromatic heterocycles. The molecule has 0 aliphatic carbocycles. The summed E-state index contributed by atoms with van der Waals surface area (Å²) in [6.07, 6.45) is 0.00918. The zero-order valence-electron chi connectivity index (χ0n) is 17.1. The number of nitrogens with zero attached hydrogens (tertiary/aromatic N) is 1. The number of likely N-dealkylation sites (tertiary alicyclic amines) is 1. The molecule has 0 radical (unpaired) electrons. The van der Waals surface area contributed by atoms with Crippen LogP contribution in [-0.2, 0) is 22.4 Å². The van der Waals surface area contributed by atoms with Gasteiger partial charge < -0.3 is 20.6 Å². The van der Waals surface area contributed by atoms with Gasteiger partial charge in [-0.1, -0.05) is 42.5 Å². The van der Waals surface area contributed by atoms with Crippen LogP contribution in [0.5, 0.6) is 0 Å². The zero-order valence-corrected chi connectivity index (χ0v) is 17.1. The molecule has 31 heavy (non-hydrogen) atoms. The molecule has 2 atom stereocenters. The molecule has 0 spiro atoms. The van der Waals surface area contributed by atoms with E-state index >= 15 is 0 Å². The summed E-state index contributed by atoms with van der Waals surface area (Å²) in [5.41, 5.74) is 1.95. The number of carbonyl (C=O) groups excluding carboxylic acids is 2. The molecule has 8 heteroatoms. The molecule has 2 aromatic rings. The van der Waals surface area contributed by atoms with E-state index in [1.54, 1.807) is 12.1 Å². The molecule has 164 valence electrons. The van der Waals surface area contributed by atoms with Crippen LogP contribution in [0.25, 0.3) is 0 Å². The van der Waals surface area contributed by atoms with Crippen LogP contribution in [0.1, 0.15) is 11.1 Å². The van der Waals surface area contributed by atoms with Gasteiger partial charge in [0.05, 0.1) is 11.8 Å². The summed E-state index contributed by atoms with van der Waals surface area (Å²) in [6, 6.07) is 15.7. The van der Waals surface area contributed by atoms with Crippen LogP contribution in [0, 0.1) is 17.7 Å². The summed E-state index contributed by atoms with van der Waals surface area (Å²) in [5.74, 6) is -2.49. The van der Waals surface area contributed by atoms with Crippen molar-refractivity contribution in [3.8, 4) is 0 Å². The highest BCUT2D eigenvalue weighted by Gasteiger charge is 2.43. The van der Waals surface area contributed by atoms with Crippen molar-refractivity contribution in [3.63, 3.8) is 0 Å². The van der Waals surface area contributed by atoms with E-state index in [1.165, 1.54) is 12.1 Å². The Morgan fingerprint density at radius 3 is 1.81 bits per heavy atom. The second-order valence-corrected chi connectivity index (χ2v) is 7.59. The fourth-order valence-electron chi connectivity index (χ4n) is 3.71. The SMILES string of the molecule is O=C(NCCc1ccccc1)[C@H]1CN(C(=O)O)C[C@@H]1C(=O)NCCc1ccc(F)cc1. The van der Waals surface area contributed by atoms with Crippen molar-refractivity contribution in [2.45, 2.75) is 12.8 Å². The normalized spacial score (nSPS) is 17.9. The highest BCUT2D eigenvalue weighted by Crippen LogP contribution is 2.24. The molecule has 3 rings (SSSR count). The van der Waals surface area contributed by atoms with Gasteiger partial charge in [-0.25, -0.2) is 9.18 Å². The van der Waals surface area contributed by atoms with E-state index in [0.717, 1.165) is 16.0 Å². The van der Waals surface area contributed by atoms with Crippen molar-refractivity contribution >= 4 is 17.9 Å². The highest BCUT2D eigenvalue weighted by atomic mass is 19.1. The number of hydrogen-bond donors (Lipinski definition) is 3. The molecular weight excluding hydrogens is 401 g/mol. The van der Waals surface area contributed by atoms with Gasteiger partial charge in [-0.3, -0.25) is 9.59 Å². The van der Waals surface area contributed by atoms with Crippen LogP contribution < -0.4 is 10.6 Å². The van der Waals surface area contributed by atoms with Gasteiger partial charge in [0.15, 0.2) is 0 Å². The lowest BCUT2D eigenvalue weighted by molar-refractivity contribution is -0.132. The van der Waals surface area contributed by atoms with Crippen LogP contribution in [0.15, 0.2) is 54.6 Å². The molecule has 1 aliphatic rings. The summed E-state index contributed by atoms with van der Waals surface area (Å²) in [7, 11) is 0. The molecule has 1 heterocycles. The van der Waals surface area contributed by atoms with E-state index in [9.17, 15) is 23.9 Å². The maximum atomic E-state index is 13.0. The molecule has 0 bridgehead atoms. The molecule has 1 saturated heterocycles. The summed E-state index contributed by atoms with van der Waals surface area (Å²) in [4.78, 5) is 37.9. The zero-order chi connectivity index (χ0) is 22.2. The van der Waals surface area contributed by atoms with E-state index in [2.05, 4.69) is 10.6 Å². The summed E-state index contributed by atoms with van der Waals surface area (Å²) in [5, 5.41) is 14.9. The number of carboxylic acid groups (broad SMARTS) is 1. The van der Waals surface area contributed by atoms with Crippen LogP contribution in [-0.4, -0.2) is 54.1 Å². The quantitative estimate of drug-likeness (QED) is 0.601. The highest BCUT2D eigenvalue weighted by molar-refractivity contribution is 5.89. The second-order valence-electron chi connectivity index (χ2n) is 7.59. The van der Waals surface area contributed by atoms with E-state index in [0.29, 0.717) is 25.9 Å². The Morgan fingerprint density at radius 1 is 0.839 bits per heavy atom. The molecule has 1 fully saturated rings. The van der Waals surface area contributed by atoms with Crippen molar-refractivity contribution in [2.75, 3.05) is 26.2 Å². The van der Waals surface area contributed by atoms with Crippen molar-refractivity contribution in [1.29, 1.82) is 0 Å². The molecule has 1 aliphatic heterocycles. The van der Waals surface area contributed by atoms with E-state index < -0.39 is 17.9 Å². The molecule has 3 N–H and O–H groups in total. The van der Waals surface area contributed by atoms with Gasteiger partial charge in [0, 0.05) is 26.2 Å². The average Bonchev–Trinajstić information content (AvgIpc) is 3.22. The first-order valence-corrected chi connectivity index (χ1v) is 10.3. The maximum absolute atomic E-state index is 13.0. The van der Waals surface area contributed by atoms with Gasteiger partial charge >= 0.3 is 6.09 Å². The third-order valence-corrected chi connectivity index (χ3v) is 5.45. The number of amides is 3. The monoisotopic (exact) mass is 427 g/mol. The minimum absolute atomic E-state index is 0.0114. The van der Waals surface area contributed by atoms with Gasteiger partial charge in [-0.15, -0.1) is 0 Å². The Labute approximate surface area is 180 Å². The van der Waals surface area contributed by atoms with Crippen molar-refractivity contribution in [1.82, 2.24) is 15.5 Å². The predicted octanol–water partition coefficient (Wildman–Crippen LogP) is 2.07. The van der Waals surface area contributed by atoms with E-state index in [1.807, 2.05) is 30.3 Å². The number of rotatable bonds is 8. The molecule has 2 aromatic carbocycles. The first-order valence-electron chi connectivity index (χ1n) is 10.3. The van der Waals surface area contributed by atoms with Crippen LogP contribution in [0.4, 0.5) is 9.18 Å². The number of benzene rings is 2. The number of hydrogen-bond acceptors (Lipinski definition) is 3. The van der Waals surface area contributed by atoms with Gasteiger partial charge in [-0.05, 0) is 36.1 Å². The first-order chi connectivity index (χ1) is 14.9. The van der Waals surface area contributed by atoms with Crippen molar-refractivity contribution in [2.24, 2.45) is 11.8 Å². The smallest absolute Gasteiger partial charge is 0.407 e. The Hall–Kier alpha value is -3.42. The topological polar surface area (TPSA) is 98.7 Å². The second kappa shape index (κ2) is 10.6. The van der Waals surface area contributed by atoms with Crippen molar-refractivity contribution < 1.29 is 23.9 Å². The Morgan fingerprint density at radius 2 is 1.32 bits per heavy atom. The number of carbonyl (C=O) groups is 3.